The van der Waals surface area contributed by atoms with E-state index in [1.807, 2.05) is 13.8 Å². The fraction of sp³-hybridized carbons (Fsp3) is 0.679. The summed E-state index contributed by atoms with van der Waals surface area (Å²) >= 11 is 1.51. The number of aliphatic carboxylic acids is 1. The van der Waals surface area contributed by atoms with Gasteiger partial charge < -0.3 is 42.0 Å². The van der Waals surface area contributed by atoms with Gasteiger partial charge >= 0.3 is 5.97 Å². The second-order valence-corrected chi connectivity index (χ2v) is 12.6. The SMILES string of the molecule is CCSC[C@H](NC(=O)[C@H](Cc1cnc[nH]1)NC(=O)[C@@H](NC(=O)[C@H](CC(=O)O)NC(=O)[C@H](C)N)C(C)C)C(=O)N1CCC[C@H]1C. The average molecular weight is 639 g/mol. The van der Waals surface area contributed by atoms with Crippen molar-refractivity contribution in [1.82, 2.24) is 36.1 Å². The summed E-state index contributed by atoms with van der Waals surface area (Å²) < 4.78 is 0. The number of H-pyrrole nitrogens is 1. The summed E-state index contributed by atoms with van der Waals surface area (Å²) in [5.74, 6) is -3.83. The third-order valence-corrected chi connectivity index (χ3v) is 8.20. The normalized spacial score (nSPS) is 18.1. The number of carboxylic acid groups (broad SMARTS) is 1. The molecule has 0 unspecified atom stereocenters. The van der Waals surface area contributed by atoms with E-state index in [4.69, 9.17) is 5.73 Å². The highest BCUT2D eigenvalue weighted by molar-refractivity contribution is 7.99. The molecule has 0 spiro atoms. The van der Waals surface area contributed by atoms with Crippen LogP contribution in [0.25, 0.3) is 0 Å². The molecule has 2 heterocycles. The number of nitrogens with zero attached hydrogens (tertiary/aromatic N) is 2. The fourth-order valence-corrected chi connectivity index (χ4v) is 5.40. The fourth-order valence-electron chi connectivity index (χ4n) is 4.71. The van der Waals surface area contributed by atoms with Crippen LogP contribution >= 0.6 is 11.8 Å². The minimum Gasteiger partial charge on any atom is -0.481 e. The highest BCUT2D eigenvalue weighted by atomic mass is 32.2. The molecule has 16 heteroatoms. The first-order chi connectivity index (χ1) is 20.7. The molecule has 15 nitrogen and oxygen atoms in total. The van der Waals surface area contributed by atoms with Crippen molar-refractivity contribution in [2.24, 2.45) is 11.7 Å². The van der Waals surface area contributed by atoms with Crippen molar-refractivity contribution in [2.75, 3.05) is 18.1 Å². The zero-order chi connectivity index (χ0) is 33.0. The van der Waals surface area contributed by atoms with Gasteiger partial charge in [-0.2, -0.15) is 11.8 Å². The second kappa shape index (κ2) is 17.6. The molecule has 246 valence electrons. The van der Waals surface area contributed by atoms with Gasteiger partial charge in [-0.1, -0.05) is 20.8 Å². The predicted octanol–water partition coefficient (Wildman–Crippen LogP) is -0.867. The molecule has 1 aromatic heterocycles. The number of imidazole rings is 1. The number of likely N-dealkylation sites (tertiary alicyclic amines) is 1. The third-order valence-electron chi connectivity index (χ3n) is 7.22. The van der Waals surface area contributed by atoms with E-state index in [0.29, 0.717) is 18.0 Å². The summed E-state index contributed by atoms with van der Waals surface area (Å²) in [6, 6.07) is -5.56. The van der Waals surface area contributed by atoms with Crippen molar-refractivity contribution >= 4 is 47.3 Å². The number of carbonyl (C=O) groups is 6. The highest BCUT2D eigenvalue weighted by Gasteiger charge is 2.36. The maximum atomic E-state index is 13.7. The Morgan fingerprint density at radius 3 is 2.18 bits per heavy atom. The first-order valence-corrected chi connectivity index (χ1v) is 15.9. The molecule has 1 saturated heterocycles. The van der Waals surface area contributed by atoms with E-state index in [1.54, 1.807) is 18.7 Å². The van der Waals surface area contributed by atoms with Crippen LogP contribution < -0.4 is 27.0 Å². The van der Waals surface area contributed by atoms with E-state index < -0.39 is 72.1 Å². The first kappa shape index (κ1) is 36.5. The second-order valence-electron chi connectivity index (χ2n) is 11.3. The van der Waals surface area contributed by atoms with Gasteiger partial charge in [-0.25, -0.2) is 4.98 Å². The van der Waals surface area contributed by atoms with Crippen LogP contribution in [0.4, 0.5) is 0 Å². The van der Waals surface area contributed by atoms with Gasteiger partial charge in [0.1, 0.15) is 24.2 Å². The Morgan fingerprint density at radius 2 is 1.66 bits per heavy atom. The van der Waals surface area contributed by atoms with Gasteiger partial charge in [-0.15, -0.1) is 0 Å². The van der Waals surface area contributed by atoms with Crippen LogP contribution in [0.5, 0.6) is 0 Å². The summed E-state index contributed by atoms with van der Waals surface area (Å²) in [6.07, 6.45) is 4.00. The molecule has 2 rings (SSSR count). The van der Waals surface area contributed by atoms with Crippen molar-refractivity contribution < 1.29 is 33.9 Å². The molecule has 8 N–H and O–H groups in total. The Bertz CT molecular complexity index is 1150. The smallest absolute Gasteiger partial charge is 0.305 e. The van der Waals surface area contributed by atoms with E-state index in [1.165, 1.54) is 31.2 Å². The number of thioether (sulfide) groups is 1. The summed E-state index contributed by atoms with van der Waals surface area (Å²) in [6.45, 7) is 9.24. The lowest BCUT2D eigenvalue weighted by Crippen LogP contribution is -2.60. The molecular formula is C28H46N8O7S. The van der Waals surface area contributed by atoms with Crippen LogP contribution in [0.1, 0.15) is 59.6 Å². The first-order valence-electron chi connectivity index (χ1n) is 14.8. The minimum absolute atomic E-state index is 0.0182. The summed E-state index contributed by atoms with van der Waals surface area (Å²) in [7, 11) is 0. The topological polar surface area (TPSA) is 229 Å². The van der Waals surface area contributed by atoms with Crippen LogP contribution in [0.3, 0.4) is 0 Å². The van der Waals surface area contributed by atoms with Crippen molar-refractivity contribution in [3.8, 4) is 0 Å². The van der Waals surface area contributed by atoms with E-state index in [-0.39, 0.29) is 18.4 Å². The maximum absolute atomic E-state index is 13.7. The third kappa shape index (κ3) is 11.1. The van der Waals surface area contributed by atoms with Crippen molar-refractivity contribution in [3.63, 3.8) is 0 Å². The molecule has 0 aliphatic carbocycles. The van der Waals surface area contributed by atoms with Gasteiger partial charge in [-0.3, -0.25) is 28.8 Å². The largest absolute Gasteiger partial charge is 0.481 e. The number of hydrogen-bond donors (Lipinski definition) is 7. The van der Waals surface area contributed by atoms with Crippen molar-refractivity contribution in [1.29, 1.82) is 0 Å². The molecule has 1 fully saturated rings. The van der Waals surface area contributed by atoms with Gasteiger partial charge in [0.05, 0.1) is 18.8 Å². The molecule has 0 bridgehead atoms. The van der Waals surface area contributed by atoms with Gasteiger partial charge in [0.15, 0.2) is 0 Å². The number of amides is 5. The number of nitrogens with two attached hydrogens (primary N) is 1. The van der Waals surface area contributed by atoms with Crippen molar-refractivity contribution in [2.45, 2.75) is 96.6 Å². The summed E-state index contributed by atoms with van der Waals surface area (Å²) in [5, 5.41) is 19.6. The summed E-state index contributed by atoms with van der Waals surface area (Å²) in [5.41, 5.74) is 6.10. The quantitative estimate of drug-likeness (QED) is 0.112. The number of aromatic nitrogens is 2. The monoisotopic (exact) mass is 638 g/mol. The van der Waals surface area contributed by atoms with Crippen LogP contribution in [0, 0.1) is 5.92 Å². The van der Waals surface area contributed by atoms with Gasteiger partial charge in [0.25, 0.3) is 0 Å². The minimum atomic E-state index is -1.49. The molecule has 0 saturated carbocycles. The lowest BCUT2D eigenvalue weighted by atomic mass is 10.0. The number of nitrogens with one attached hydrogen (secondary N) is 5. The number of rotatable bonds is 17. The Labute approximate surface area is 261 Å². The molecule has 5 amide bonds. The number of hydrogen-bond acceptors (Lipinski definition) is 9. The zero-order valence-corrected chi connectivity index (χ0v) is 26.7. The molecule has 0 radical (unpaired) electrons. The average Bonchev–Trinajstić information content (AvgIpc) is 3.63. The number of carbonyl (C=O) groups excluding carboxylic acids is 5. The Hall–Kier alpha value is -3.66. The Kier molecular flexibility index (Phi) is 14.6. The zero-order valence-electron chi connectivity index (χ0n) is 25.9. The molecule has 6 atom stereocenters. The van der Waals surface area contributed by atoms with E-state index >= 15 is 0 Å². The molecule has 0 aromatic carbocycles. The molecule has 1 aliphatic rings. The maximum Gasteiger partial charge on any atom is 0.305 e. The molecular weight excluding hydrogens is 592 g/mol. The molecule has 1 aromatic rings. The summed E-state index contributed by atoms with van der Waals surface area (Å²) in [4.78, 5) is 85.8. The van der Waals surface area contributed by atoms with Crippen LogP contribution in [0.15, 0.2) is 12.5 Å². The van der Waals surface area contributed by atoms with Crippen LogP contribution in [-0.4, -0.2) is 110 Å². The van der Waals surface area contributed by atoms with E-state index in [0.717, 1.165) is 18.6 Å². The van der Waals surface area contributed by atoms with Gasteiger partial charge in [0, 0.05) is 36.7 Å². The van der Waals surface area contributed by atoms with Crippen LogP contribution in [0.2, 0.25) is 0 Å². The molecule has 44 heavy (non-hydrogen) atoms. The lowest BCUT2D eigenvalue weighted by molar-refractivity contribution is -0.141. The van der Waals surface area contributed by atoms with E-state index in [9.17, 15) is 33.9 Å². The number of carboxylic acids is 1. The van der Waals surface area contributed by atoms with Crippen LogP contribution in [-0.2, 0) is 35.2 Å². The standard InChI is InChI=1S/C28H46N8O7S/c1-6-44-13-21(28(43)36-9-7-8-16(36)4)34-25(40)19(10-18-12-30-14-31-18)33-27(42)23(15(2)3)35-26(41)20(11-22(37)38)32-24(39)17(5)29/h12,14-17,19-21,23H,6-11,13,29H2,1-5H3,(H,30,31)(H,32,39)(H,33,42)(H,34,40)(H,35,41)(H,37,38)/t16-,17+,19+,20+,21+,23+/m1/s1. The molecule has 1 aliphatic heterocycles. The van der Waals surface area contributed by atoms with Gasteiger partial charge in [0.2, 0.25) is 29.5 Å². The lowest BCUT2D eigenvalue weighted by Gasteiger charge is -2.30. The predicted molar refractivity (Wildman–Crippen MR) is 164 cm³/mol. The number of aromatic amines is 1. The highest BCUT2D eigenvalue weighted by Crippen LogP contribution is 2.19. The van der Waals surface area contributed by atoms with Crippen molar-refractivity contribution in [3.05, 3.63) is 18.2 Å². The van der Waals surface area contributed by atoms with E-state index in [2.05, 4.69) is 31.2 Å². The van der Waals surface area contributed by atoms with Gasteiger partial charge in [-0.05, 0) is 38.4 Å². The Morgan fingerprint density at radius 1 is 1.02 bits per heavy atom. The Balaban J connectivity index is 2.26.